The van der Waals surface area contributed by atoms with Crippen molar-refractivity contribution >= 4 is 11.6 Å². The summed E-state index contributed by atoms with van der Waals surface area (Å²) in [4.78, 5) is 11.4. The molecule has 1 aromatic carbocycles. The van der Waals surface area contributed by atoms with E-state index in [-0.39, 0.29) is 11.6 Å². The lowest BCUT2D eigenvalue weighted by molar-refractivity contribution is -0.124. The van der Waals surface area contributed by atoms with E-state index in [1.807, 2.05) is 0 Å². The molecule has 3 nitrogen and oxygen atoms in total. The molecule has 0 saturated heterocycles. The first-order valence-electron chi connectivity index (χ1n) is 4.65. The van der Waals surface area contributed by atoms with Crippen molar-refractivity contribution < 1.29 is 13.9 Å². The Bertz CT molecular complexity index is 345. The predicted molar refractivity (Wildman–Crippen MR) is 56.2 cm³/mol. The van der Waals surface area contributed by atoms with Crippen LogP contribution in [-0.4, -0.2) is 19.1 Å². The minimum Gasteiger partial charge on any atom is -0.372 e. The van der Waals surface area contributed by atoms with Crippen molar-refractivity contribution in [2.45, 2.75) is 20.0 Å². The average molecular weight is 211 g/mol. The summed E-state index contributed by atoms with van der Waals surface area (Å²) in [7, 11) is 1.43. The standard InChI is InChI=1S/C11H14FNO2/c1-7-5-4-6-9(12)10(7)13-11(14)8(2)15-3/h4-6,8H,1-3H3,(H,13,14). The largest absolute Gasteiger partial charge is 0.372 e. The van der Waals surface area contributed by atoms with E-state index in [0.29, 0.717) is 5.56 Å². The molecule has 1 N–H and O–H groups in total. The summed E-state index contributed by atoms with van der Waals surface area (Å²) in [6.45, 7) is 3.33. The van der Waals surface area contributed by atoms with Gasteiger partial charge >= 0.3 is 0 Å². The summed E-state index contributed by atoms with van der Waals surface area (Å²) in [6.07, 6.45) is -0.594. The molecule has 1 amide bonds. The molecule has 15 heavy (non-hydrogen) atoms. The van der Waals surface area contributed by atoms with Crippen LogP contribution in [-0.2, 0) is 9.53 Å². The highest BCUT2D eigenvalue weighted by Crippen LogP contribution is 2.18. The summed E-state index contributed by atoms with van der Waals surface area (Å²) >= 11 is 0. The Morgan fingerprint density at radius 1 is 1.53 bits per heavy atom. The minimum atomic E-state index is -0.594. The molecule has 0 aromatic heterocycles. The van der Waals surface area contributed by atoms with Crippen molar-refractivity contribution in [2.75, 3.05) is 12.4 Å². The van der Waals surface area contributed by atoms with Gasteiger partial charge in [-0.25, -0.2) is 4.39 Å². The number of aryl methyl sites for hydroxylation is 1. The number of para-hydroxylation sites is 1. The number of hydrogen-bond acceptors (Lipinski definition) is 2. The normalized spacial score (nSPS) is 12.3. The molecule has 1 aromatic rings. The topological polar surface area (TPSA) is 38.3 Å². The summed E-state index contributed by atoms with van der Waals surface area (Å²) in [6, 6.07) is 4.64. The molecule has 1 atom stereocenters. The molecular formula is C11H14FNO2. The van der Waals surface area contributed by atoms with Crippen LogP contribution in [0.4, 0.5) is 10.1 Å². The highest BCUT2D eigenvalue weighted by molar-refractivity contribution is 5.94. The van der Waals surface area contributed by atoms with Crippen LogP contribution in [0.5, 0.6) is 0 Å². The molecule has 82 valence electrons. The van der Waals surface area contributed by atoms with Gasteiger partial charge in [-0.1, -0.05) is 12.1 Å². The second-order valence-corrected chi connectivity index (χ2v) is 3.30. The Kier molecular flexibility index (Phi) is 3.80. The van der Waals surface area contributed by atoms with Crippen molar-refractivity contribution in [3.63, 3.8) is 0 Å². The molecule has 0 heterocycles. The van der Waals surface area contributed by atoms with Crippen LogP contribution in [0.25, 0.3) is 0 Å². The molecule has 0 aliphatic heterocycles. The molecule has 0 radical (unpaired) electrons. The first-order valence-corrected chi connectivity index (χ1v) is 4.65. The van der Waals surface area contributed by atoms with Gasteiger partial charge in [0.15, 0.2) is 0 Å². The second-order valence-electron chi connectivity index (χ2n) is 3.30. The average Bonchev–Trinajstić information content (AvgIpc) is 2.22. The first-order chi connectivity index (χ1) is 7.06. The highest BCUT2D eigenvalue weighted by Gasteiger charge is 2.14. The van der Waals surface area contributed by atoms with E-state index >= 15 is 0 Å². The lowest BCUT2D eigenvalue weighted by atomic mass is 10.2. The van der Waals surface area contributed by atoms with Crippen LogP contribution in [0.1, 0.15) is 12.5 Å². The predicted octanol–water partition coefficient (Wildman–Crippen LogP) is 2.11. The van der Waals surface area contributed by atoms with Crippen LogP contribution in [0.2, 0.25) is 0 Å². The van der Waals surface area contributed by atoms with Crippen LogP contribution in [0, 0.1) is 12.7 Å². The molecule has 0 aliphatic carbocycles. The maximum absolute atomic E-state index is 13.3. The number of rotatable bonds is 3. The van der Waals surface area contributed by atoms with Crippen molar-refractivity contribution in [3.05, 3.63) is 29.6 Å². The van der Waals surface area contributed by atoms with E-state index in [2.05, 4.69) is 5.32 Å². The van der Waals surface area contributed by atoms with Crippen LogP contribution in [0.3, 0.4) is 0 Å². The summed E-state index contributed by atoms with van der Waals surface area (Å²) < 4.78 is 18.2. The molecule has 0 aliphatic rings. The number of hydrogen-bond donors (Lipinski definition) is 1. The van der Waals surface area contributed by atoms with Gasteiger partial charge in [0.1, 0.15) is 11.9 Å². The van der Waals surface area contributed by atoms with Gasteiger partial charge in [-0.05, 0) is 25.5 Å². The Morgan fingerprint density at radius 2 is 2.20 bits per heavy atom. The van der Waals surface area contributed by atoms with E-state index < -0.39 is 11.9 Å². The number of carbonyl (C=O) groups is 1. The molecule has 0 bridgehead atoms. The number of nitrogens with one attached hydrogen (secondary N) is 1. The third kappa shape index (κ3) is 2.76. The van der Waals surface area contributed by atoms with Gasteiger partial charge in [-0.15, -0.1) is 0 Å². The Hall–Kier alpha value is -1.42. The van der Waals surface area contributed by atoms with Gasteiger partial charge in [0.25, 0.3) is 5.91 Å². The van der Waals surface area contributed by atoms with Crippen LogP contribution >= 0.6 is 0 Å². The van der Waals surface area contributed by atoms with Crippen molar-refractivity contribution in [3.8, 4) is 0 Å². The van der Waals surface area contributed by atoms with Crippen molar-refractivity contribution in [1.29, 1.82) is 0 Å². The van der Waals surface area contributed by atoms with E-state index in [9.17, 15) is 9.18 Å². The number of anilines is 1. The molecule has 0 saturated carbocycles. The van der Waals surface area contributed by atoms with Gasteiger partial charge in [0, 0.05) is 7.11 Å². The quantitative estimate of drug-likeness (QED) is 0.831. The number of benzene rings is 1. The van der Waals surface area contributed by atoms with Gasteiger partial charge in [0.2, 0.25) is 0 Å². The van der Waals surface area contributed by atoms with Crippen LogP contribution in [0.15, 0.2) is 18.2 Å². The number of methoxy groups -OCH3 is 1. The lowest BCUT2D eigenvalue weighted by Crippen LogP contribution is -2.27. The van der Waals surface area contributed by atoms with E-state index in [1.54, 1.807) is 26.0 Å². The van der Waals surface area contributed by atoms with Crippen molar-refractivity contribution in [2.24, 2.45) is 0 Å². The monoisotopic (exact) mass is 211 g/mol. The van der Waals surface area contributed by atoms with Crippen molar-refractivity contribution in [1.82, 2.24) is 0 Å². The molecule has 0 spiro atoms. The van der Waals surface area contributed by atoms with E-state index in [0.717, 1.165) is 0 Å². The number of amides is 1. The van der Waals surface area contributed by atoms with Gasteiger partial charge in [-0.2, -0.15) is 0 Å². The maximum Gasteiger partial charge on any atom is 0.253 e. The molecular weight excluding hydrogens is 197 g/mol. The lowest BCUT2D eigenvalue weighted by Gasteiger charge is -2.12. The Morgan fingerprint density at radius 3 is 2.73 bits per heavy atom. The number of ether oxygens (including phenoxy) is 1. The van der Waals surface area contributed by atoms with E-state index in [4.69, 9.17) is 4.74 Å². The zero-order valence-electron chi connectivity index (χ0n) is 9.00. The zero-order chi connectivity index (χ0) is 11.4. The Balaban J connectivity index is 2.85. The summed E-state index contributed by atoms with van der Waals surface area (Å²) in [5.74, 6) is -0.794. The summed E-state index contributed by atoms with van der Waals surface area (Å²) in [5, 5.41) is 2.49. The van der Waals surface area contributed by atoms with E-state index in [1.165, 1.54) is 13.2 Å². The van der Waals surface area contributed by atoms with Gasteiger partial charge in [0.05, 0.1) is 5.69 Å². The zero-order valence-corrected chi connectivity index (χ0v) is 9.00. The SMILES string of the molecule is COC(C)C(=O)Nc1c(C)cccc1F. The second kappa shape index (κ2) is 4.89. The summed E-state index contributed by atoms with van der Waals surface area (Å²) in [5.41, 5.74) is 0.901. The van der Waals surface area contributed by atoms with Gasteiger partial charge in [-0.3, -0.25) is 4.79 Å². The minimum absolute atomic E-state index is 0.214. The first kappa shape index (κ1) is 11.7. The maximum atomic E-state index is 13.3. The fourth-order valence-electron chi connectivity index (χ4n) is 1.12. The third-order valence-electron chi connectivity index (χ3n) is 2.19. The fraction of sp³-hybridized carbons (Fsp3) is 0.364. The highest BCUT2D eigenvalue weighted by atomic mass is 19.1. The van der Waals surface area contributed by atoms with Crippen LogP contribution < -0.4 is 5.32 Å². The molecule has 0 fully saturated rings. The molecule has 1 rings (SSSR count). The third-order valence-corrected chi connectivity index (χ3v) is 2.19. The number of halogens is 1. The number of carbonyl (C=O) groups excluding carboxylic acids is 1. The Labute approximate surface area is 88.2 Å². The molecule has 4 heteroatoms. The fourth-order valence-corrected chi connectivity index (χ4v) is 1.12. The van der Waals surface area contributed by atoms with Gasteiger partial charge < -0.3 is 10.1 Å². The molecule has 1 unspecified atom stereocenters. The smallest absolute Gasteiger partial charge is 0.253 e.